The predicted octanol–water partition coefficient (Wildman–Crippen LogP) is 3.11. The molecule has 0 unspecified atom stereocenters. The number of rotatable bonds is 1. The Bertz CT molecular complexity index is 830. The molecule has 2 atom stereocenters. The fraction of sp³-hybridized carbons (Fsp3) is 0.556. The molecule has 1 aliphatic carbocycles. The van der Waals surface area contributed by atoms with Crippen molar-refractivity contribution in [3.63, 3.8) is 0 Å². The van der Waals surface area contributed by atoms with E-state index in [2.05, 4.69) is 13.0 Å². The lowest BCUT2D eigenvalue weighted by Gasteiger charge is -2.37. The third-order valence-electron chi connectivity index (χ3n) is 5.58. The summed E-state index contributed by atoms with van der Waals surface area (Å²) in [5.74, 6) is 1.01. The minimum atomic E-state index is -0.117. The number of hydrogen-bond donors (Lipinski definition) is 1. The highest BCUT2D eigenvalue weighted by molar-refractivity contribution is 5.82. The lowest BCUT2D eigenvalue weighted by atomic mass is 9.66. The molecule has 1 spiro atoms. The van der Waals surface area contributed by atoms with E-state index in [9.17, 15) is 4.79 Å². The summed E-state index contributed by atoms with van der Waals surface area (Å²) in [7, 11) is 0. The molecule has 22 heavy (non-hydrogen) atoms. The van der Waals surface area contributed by atoms with Gasteiger partial charge in [0.05, 0.1) is 10.9 Å². The molecule has 1 saturated carbocycles. The Morgan fingerprint density at radius 3 is 2.73 bits per heavy atom. The molecule has 2 N–H and O–H groups in total. The Kier molecular flexibility index (Phi) is 2.80. The van der Waals surface area contributed by atoms with E-state index in [1.807, 2.05) is 24.5 Å². The van der Waals surface area contributed by atoms with E-state index < -0.39 is 0 Å². The normalized spacial score (nSPS) is 23.5. The molecular formula is C18H23N3O. The maximum atomic E-state index is 13.1. The molecule has 0 radical (unpaired) electrons. The number of fused-ring (bicyclic) bond motifs is 3. The second-order valence-electron chi connectivity index (χ2n) is 7.34. The van der Waals surface area contributed by atoms with Crippen LogP contribution in [0.2, 0.25) is 0 Å². The van der Waals surface area contributed by atoms with Gasteiger partial charge < -0.3 is 5.73 Å². The van der Waals surface area contributed by atoms with Gasteiger partial charge in [0, 0.05) is 17.5 Å². The molecule has 4 rings (SSSR count). The van der Waals surface area contributed by atoms with Crippen LogP contribution in [0.1, 0.15) is 68.6 Å². The number of nitrogens with two attached hydrogens (primary N) is 1. The fourth-order valence-electron chi connectivity index (χ4n) is 4.39. The van der Waals surface area contributed by atoms with Crippen LogP contribution < -0.4 is 11.3 Å². The summed E-state index contributed by atoms with van der Waals surface area (Å²) in [4.78, 5) is 18.1. The number of nitrogens with zero attached hydrogens (tertiary/aromatic N) is 2. The van der Waals surface area contributed by atoms with E-state index in [0.29, 0.717) is 0 Å². The molecule has 0 saturated heterocycles. The maximum absolute atomic E-state index is 13.1. The topological polar surface area (TPSA) is 60.9 Å². The van der Waals surface area contributed by atoms with Crippen molar-refractivity contribution in [2.75, 3.05) is 0 Å². The van der Waals surface area contributed by atoms with Gasteiger partial charge in [-0.3, -0.25) is 9.36 Å². The molecule has 0 amide bonds. The highest BCUT2D eigenvalue weighted by atomic mass is 16.1. The molecule has 4 nitrogen and oxygen atoms in total. The van der Waals surface area contributed by atoms with Crippen LogP contribution in [0.5, 0.6) is 0 Å². The van der Waals surface area contributed by atoms with E-state index >= 15 is 0 Å². The smallest absolute Gasteiger partial charge is 0.261 e. The monoisotopic (exact) mass is 297 g/mol. The lowest BCUT2D eigenvalue weighted by Crippen LogP contribution is -2.34. The van der Waals surface area contributed by atoms with Crippen molar-refractivity contribution in [2.24, 2.45) is 5.73 Å². The Balaban J connectivity index is 2.11. The SMILES string of the molecule is Cc1cc([C@@H](C)N)c2nc3n(c(=O)c2c1)[C@H](C)CC31CCC1. The number of benzene rings is 1. The van der Waals surface area contributed by atoms with Gasteiger partial charge >= 0.3 is 0 Å². The summed E-state index contributed by atoms with van der Waals surface area (Å²) in [6.45, 7) is 6.12. The highest BCUT2D eigenvalue weighted by Gasteiger charge is 2.48. The van der Waals surface area contributed by atoms with Crippen molar-refractivity contribution in [2.45, 2.75) is 64.0 Å². The first kappa shape index (κ1) is 13.9. The first-order valence-electron chi connectivity index (χ1n) is 8.26. The molecule has 1 aromatic heterocycles. The number of aryl methyl sites for hydroxylation is 1. The van der Waals surface area contributed by atoms with Gasteiger partial charge in [-0.15, -0.1) is 0 Å². The molecule has 2 aliphatic rings. The van der Waals surface area contributed by atoms with E-state index in [1.165, 1.54) is 6.42 Å². The average molecular weight is 297 g/mol. The molecular weight excluding hydrogens is 274 g/mol. The van der Waals surface area contributed by atoms with Crippen LogP contribution in [0.15, 0.2) is 16.9 Å². The van der Waals surface area contributed by atoms with Gasteiger partial charge in [0.25, 0.3) is 5.56 Å². The summed E-state index contributed by atoms with van der Waals surface area (Å²) >= 11 is 0. The van der Waals surface area contributed by atoms with Gasteiger partial charge in [-0.05, 0) is 57.2 Å². The van der Waals surface area contributed by atoms with Crippen LogP contribution in [-0.4, -0.2) is 9.55 Å². The predicted molar refractivity (Wildman–Crippen MR) is 88.2 cm³/mol. The van der Waals surface area contributed by atoms with Crippen LogP contribution in [0, 0.1) is 6.92 Å². The zero-order chi connectivity index (χ0) is 15.6. The second-order valence-corrected chi connectivity index (χ2v) is 7.34. The Hall–Kier alpha value is -1.68. The standard InChI is InChI=1S/C18H23N3O/c1-10-7-13(12(3)19)15-14(8-10)16(22)21-11(2)9-18(5-4-6-18)17(21)20-15/h7-8,11-12H,4-6,9,19H2,1-3H3/t11-,12-/m1/s1. The minimum Gasteiger partial charge on any atom is -0.324 e. The van der Waals surface area contributed by atoms with E-state index in [-0.39, 0.29) is 23.1 Å². The summed E-state index contributed by atoms with van der Waals surface area (Å²) < 4.78 is 1.95. The van der Waals surface area contributed by atoms with Crippen LogP contribution in [-0.2, 0) is 5.41 Å². The van der Waals surface area contributed by atoms with Crippen LogP contribution in [0.4, 0.5) is 0 Å². The van der Waals surface area contributed by atoms with Crippen molar-refractivity contribution in [1.29, 1.82) is 0 Å². The summed E-state index contributed by atoms with van der Waals surface area (Å²) in [5.41, 5.74) is 9.27. The molecule has 4 heteroatoms. The summed E-state index contributed by atoms with van der Waals surface area (Å²) in [5, 5.41) is 0.722. The van der Waals surface area contributed by atoms with Gasteiger partial charge in [-0.25, -0.2) is 4.98 Å². The second kappa shape index (κ2) is 4.42. The lowest BCUT2D eigenvalue weighted by molar-refractivity contribution is 0.230. The van der Waals surface area contributed by atoms with Crippen molar-refractivity contribution in [3.8, 4) is 0 Å². The summed E-state index contributed by atoms with van der Waals surface area (Å²) in [6, 6.07) is 4.16. The van der Waals surface area contributed by atoms with Gasteiger partial charge in [0.1, 0.15) is 5.82 Å². The maximum Gasteiger partial charge on any atom is 0.261 e. The minimum absolute atomic E-state index is 0.113. The molecule has 1 fully saturated rings. The van der Waals surface area contributed by atoms with Gasteiger partial charge in [0.2, 0.25) is 0 Å². The van der Waals surface area contributed by atoms with E-state index in [1.54, 1.807) is 0 Å². The van der Waals surface area contributed by atoms with Crippen LogP contribution >= 0.6 is 0 Å². The molecule has 2 heterocycles. The fourth-order valence-corrected chi connectivity index (χ4v) is 4.39. The first-order chi connectivity index (χ1) is 10.4. The molecule has 116 valence electrons. The number of aromatic nitrogens is 2. The average Bonchev–Trinajstić information content (AvgIpc) is 2.72. The zero-order valence-corrected chi connectivity index (χ0v) is 13.5. The van der Waals surface area contributed by atoms with Crippen molar-refractivity contribution in [3.05, 3.63) is 39.4 Å². The Labute approximate surface area is 130 Å². The Morgan fingerprint density at radius 1 is 1.41 bits per heavy atom. The summed E-state index contributed by atoms with van der Waals surface area (Å²) in [6.07, 6.45) is 4.62. The molecule has 2 aromatic rings. The number of hydrogen-bond acceptors (Lipinski definition) is 3. The van der Waals surface area contributed by atoms with Crippen LogP contribution in [0.25, 0.3) is 10.9 Å². The first-order valence-corrected chi connectivity index (χ1v) is 8.26. The quantitative estimate of drug-likeness (QED) is 0.879. The third kappa shape index (κ3) is 1.67. The van der Waals surface area contributed by atoms with Crippen molar-refractivity contribution < 1.29 is 0 Å². The largest absolute Gasteiger partial charge is 0.324 e. The van der Waals surface area contributed by atoms with Crippen LogP contribution in [0.3, 0.4) is 0 Å². The Morgan fingerprint density at radius 2 is 2.14 bits per heavy atom. The van der Waals surface area contributed by atoms with Gasteiger partial charge in [0.15, 0.2) is 0 Å². The highest BCUT2D eigenvalue weighted by Crippen LogP contribution is 2.52. The van der Waals surface area contributed by atoms with E-state index in [4.69, 9.17) is 10.7 Å². The molecule has 1 aromatic carbocycles. The molecule has 1 aliphatic heterocycles. The molecule has 0 bridgehead atoms. The van der Waals surface area contributed by atoms with Crippen molar-refractivity contribution >= 4 is 10.9 Å². The van der Waals surface area contributed by atoms with Gasteiger partial charge in [-0.1, -0.05) is 12.5 Å². The van der Waals surface area contributed by atoms with E-state index in [0.717, 1.165) is 47.1 Å². The van der Waals surface area contributed by atoms with Gasteiger partial charge in [-0.2, -0.15) is 0 Å². The zero-order valence-electron chi connectivity index (χ0n) is 13.5. The third-order valence-corrected chi connectivity index (χ3v) is 5.58. The van der Waals surface area contributed by atoms with Crippen molar-refractivity contribution in [1.82, 2.24) is 9.55 Å².